The molecule has 0 aliphatic carbocycles. The zero-order chi connectivity index (χ0) is 35.6. The Kier molecular flexibility index (Phi) is 15.6. The van der Waals surface area contributed by atoms with E-state index in [-0.39, 0.29) is 30.3 Å². The summed E-state index contributed by atoms with van der Waals surface area (Å²) in [6.07, 6.45) is 9.16. The van der Waals surface area contributed by atoms with Crippen LogP contribution in [0.15, 0.2) is 97.3 Å². The van der Waals surface area contributed by atoms with E-state index in [2.05, 4.69) is 9.97 Å². The molecule has 2 N–H and O–H groups in total. The fraction of sp³-hybridized carbons (Fsp3) is 0.158. The van der Waals surface area contributed by atoms with Crippen LogP contribution in [0, 0.1) is 0 Å². The number of carboxylic acids is 1. The summed E-state index contributed by atoms with van der Waals surface area (Å²) in [5.74, 6) is -0.0350. The molecule has 0 saturated heterocycles. The van der Waals surface area contributed by atoms with Crippen molar-refractivity contribution in [3.63, 3.8) is 0 Å². The van der Waals surface area contributed by atoms with Gasteiger partial charge in [-0.15, -0.1) is 0 Å². The minimum absolute atomic E-state index is 0. The third-order valence-electron chi connectivity index (χ3n) is 7.53. The molecule has 264 valence electrons. The maximum Gasteiger partial charge on any atom is 1.00 e. The summed E-state index contributed by atoms with van der Waals surface area (Å²) in [7, 11) is 3.19. The van der Waals surface area contributed by atoms with Crippen LogP contribution in [0.5, 0.6) is 11.5 Å². The number of hydrogen-bond acceptors (Lipinski definition) is 8. The minimum atomic E-state index is -0.996. The second-order valence-electron chi connectivity index (χ2n) is 10.9. The van der Waals surface area contributed by atoms with E-state index in [1.54, 1.807) is 45.7 Å². The molecule has 4 aromatic heterocycles. The van der Waals surface area contributed by atoms with Crippen LogP contribution in [-0.4, -0.2) is 62.4 Å². The van der Waals surface area contributed by atoms with Gasteiger partial charge >= 0.3 is 30.8 Å². The number of carboxylic acid groups (broad SMARTS) is 1. The molecule has 0 aliphatic heterocycles. The first-order chi connectivity index (χ1) is 24.2. The maximum absolute atomic E-state index is 11.7. The van der Waals surface area contributed by atoms with Crippen LogP contribution in [0.25, 0.3) is 34.2 Å². The number of esters is 1. The first kappa shape index (κ1) is 41.4. The summed E-state index contributed by atoms with van der Waals surface area (Å²) < 4.78 is 19.4. The number of fused-ring (bicyclic) bond motifs is 2. The molecule has 14 heteroatoms. The smallest absolute Gasteiger partial charge is 0.870 e. The largest absolute Gasteiger partial charge is 1.00 e. The number of ether oxygens (including phenoxy) is 3. The van der Waals surface area contributed by atoms with Gasteiger partial charge in [0.2, 0.25) is 0 Å². The molecule has 11 nitrogen and oxygen atoms in total. The number of carbonyl (C=O) groups excluding carboxylic acids is 1. The summed E-state index contributed by atoms with van der Waals surface area (Å²) >= 11 is 11.9. The van der Waals surface area contributed by atoms with Gasteiger partial charge in [0.15, 0.2) is 0 Å². The van der Waals surface area contributed by atoms with Crippen molar-refractivity contribution in [2.75, 3.05) is 20.8 Å². The average Bonchev–Trinajstić information content (AvgIpc) is 3.64. The van der Waals surface area contributed by atoms with Gasteiger partial charge in [-0.3, -0.25) is 0 Å². The Balaban J connectivity index is 0.000000271. The van der Waals surface area contributed by atoms with Gasteiger partial charge in [0.25, 0.3) is 0 Å². The van der Waals surface area contributed by atoms with Crippen LogP contribution in [0.1, 0.15) is 29.4 Å². The third-order valence-corrected chi connectivity index (χ3v) is 8.04. The number of pyridine rings is 2. The molecule has 52 heavy (non-hydrogen) atoms. The molecular formula is C38H35Cl2LiN4O7. The Morgan fingerprint density at radius 3 is 1.54 bits per heavy atom. The zero-order valence-corrected chi connectivity index (χ0v) is 30.5. The van der Waals surface area contributed by atoms with Gasteiger partial charge < -0.3 is 33.9 Å². The van der Waals surface area contributed by atoms with Gasteiger partial charge in [-0.05, 0) is 78.7 Å². The van der Waals surface area contributed by atoms with E-state index in [9.17, 15) is 9.59 Å². The van der Waals surface area contributed by atoms with Gasteiger partial charge in [0.1, 0.15) is 22.8 Å². The summed E-state index contributed by atoms with van der Waals surface area (Å²) in [6, 6.07) is 22.8. The van der Waals surface area contributed by atoms with Crippen LogP contribution in [-0.2, 0) is 27.4 Å². The molecule has 6 aromatic rings. The van der Waals surface area contributed by atoms with Crippen molar-refractivity contribution in [2.24, 2.45) is 0 Å². The van der Waals surface area contributed by atoms with Crippen molar-refractivity contribution in [3.8, 4) is 11.5 Å². The standard InChI is InChI=1S/C20H19ClN2O3.C18H15ClN2O3.Li.H2O/c1-3-26-19(24)9-8-17-10-15-11-18(25-2)12-22-20(15)23(17)13-14-4-6-16(21)7-5-14;1-24-16-9-13-8-15(6-7-17(22)23)21(18(13)20-10-16)11-12-2-4-14(19)5-3-12;;/h4-12H,3,13H2,1-2H3;2-10H,11H2,1H3,(H,22,23);;1H2/q;;+1;/p-1/b9-8+;7-6+;;. The molecule has 0 spiro atoms. The molecular weight excluding hydrogens is 702 g/mol. The van der Waals surface area contributed by atoms with Crippen LogP contribution in [0.2, 0.25) is 10.0 Å². The maximum atomic E-state index is 11.7. The number of carbonyl (C=O) groups is 2. The fourth-order valence-corrected chi connectivity index (χ4v) is 5.42. The van der Waals surface area contributed by atoms with Gasteiger partial charge in [-0.1, -0.05) is 47.5 Å². The Labute approximate surface area is 322 Å². The molecule has 0 bridgehead atoms. The average molecular weight is 738 g/mol. The summed E-state index contributed by atoms with van der Waals surface area (Å²) in [5.41, 5.74) is 5.29. The minimum Gasteiger partial charge on any atom is -0.870 e. The van der Waals surface area contributed by atoms with Crippen molar-refractivity contribution in [2.45, 2.75) is 20.0 Å². The SMILES string of the molecule is CCOC(=O)/C=C/c1cc2cc(OC)cnc2n1Cc1ccc(Cl)cc1.COc1cnc2c(c1)cc(/C=C/C(=O)O)n2Cc1ccc(Cl)cc1.[Li+].[OH-]. The summed E-state index contributed by atoms with van der Waals surface area (Å²) in [5, 5.41) is 12.1. The van der Waals surface area contributed by atoms with E-state index >= 15 is 0 Å². The molecule has 0 saturated carbocycles. The number of benzene rings is 2. The molecule has 0 fully saturated rings. The molecule has 0 amide bonds. The van der Waals surface area contributed by atoms with Gasteiger partial charge in [-0.2, -0.15) is 0 Å². The van der Waals surface area contributed by atoms with E-state index in [1.165, 1.54) is 6.08 Å². The monoisotopic (exact) mass is 736 g/mol. The molecule has 0 aliphatic rings. The fourth-order valence-electron chi connectivity index (χ4n) is 5.17. The van der Waals surface area contributed by atoms with Gasteiger partial charge in [0.05, 0.1) is 33.2 Å². The number of halogens is 2. The van der Waals surface area contributed by atoms with Crippen LogP contribution in [0.3, 0.4) is 0 Å². The van der Waals surface area contributed by atoms with Crippen LogP contribution in [0.4, 0.5) is 0 Å². The van der Waals surface area contributed by atoms with Crippen molar-refractivity contribution >= 4 is 69.4 Å². The molecule has 2 aromatic carbocycles. The molecule has 0 atom stereocenters. The van der Waals surface area contributed by atoms with Crippen molar-refractivity contribution in [1.29, 1.82) is 0 Å². The van der Waals surface area contributed by atoms with E-state index in [4.69, 9.17) is 42.5 Å². The first-order valence-corrected chi connectivity index (χ1v) is 16.2. The van der Waals surface area contributed by atoms with Crippen molar-refractivity contribution in [3.05, 3.63) is 130 Å². The number of nitrogens with zero attached hydrogens (tertiary/aromatic N) is 4. The second-order valence-corrected chi connectivity index (χ2v) is 11.8. The number of methoxy groups -OCH3 is 2. The predicted molar refractivity (Wildman–Crippen MR) is 198 cm³/mol. The Hall–Kier alpha value is -5.02. The third kappa shape index (κ3) is 10.7. The Morgan fingerprint density at radius 2 is 1.15 bits per heavy atom. The van der Waals surface area contributed by atoms with E-state index in [0.29, 0.717) is 41.2 Å². The molecule has 6 rings (SSSR count). The summed E-state index contributed by atoms with van der Waals surface area (Å²) in [4.78, 5) is 31.5. The number of rotatable bonds is 11. The number of hydrogen-bond donors (Lipinski definition) is 1. The normalized spacial score (nSPS) is 10.8. The quantitative estimate of drug-likeness (QED) is 0.110. The topological polar surface area (TPSA) is 148 Å². The Bertz CT molecular complexity index is 2180. The van der Waals surface area contributed by atoms with E-state index < -0.39 is 5.97 Å². The van der Waals surface area contributed by atoms with Crippen molar-refractivity contribution in [1.82, 2.24) is 19.1 Å². The summed E-state index contributed by atoms with van der Waals surface area (Å²) in [6.45, 7) is 3.27. The van der Waals surface area contributed by atoms with Crippen molar-refractivity contribution < 1.29 is 53.2 Å². The Morgan fingerprint density at radius 1 is 0.731 bits per heavy atom. The van der Waals surface area contributed by atoms with E-state index in [0.717, 1.165) is 50.7 Å². The number of aromatic nitrogens is 4. The second kappa shape index (κ2) is 19.5. The molecule has 0 radical (unpaired) electrons. The van der Waals surface area contributed by atoms with Gasteiger partial charge in [0, 0.05) is 57.4 Å². The van der Waals surface area contributed by atoms with Gasteiger partial charge in [-0.25, -0.2) is 19.6 Å². The van der Waals surface area contributed by atoms with Crippen LogP contribution >= 0.6 is 23.2 Å². The predicted octanol–water partition coefficient (Wildman–Crippen LogP) is 4.99. The van der Waals surface area contributed by atoms with Crippen LogP contribution < -0.4 is 28.3 Å². The molecule has 0 unspecified atom stereocenters. The van der Waals surface area contributed by atoms with E-state index in [1.807, 2.05) is 81.9 Å². The molecule has 4 heterocycles. The first-order valence-electron chi connectivity index (χ1n) is 15.5. The number of aliphatic carboxylic acids is 1. The zero-order valence-electron chi connectivity index (χ0n) is 29.0.